The van der Waals surface area contributed by atoms with Crippen molar-refractivity contribution in [2.75, 3.05) is 13.1 Å². The molecule has 2 aromatic heterocycles. The maximum absolute atomic E-state index is 13.0. The molecule has 0 saturated heterocycles. The highest BCUT2D eigenvalue weighted by atomic mass is 32.2. The van der Waals surface area contributed by atoms with Crippen molar-refractivity contribution in [3.05, 3.63) is 36.0 Å². The van der Waals surface area contributed by atoms with Crippen LogP contribution >= 0.6 is 11.8 Å². The first kappa shape index (κ1) is 23.4. The lowest BCUT2D eigenvalue weighted by Gasteiger charge is -2.19. The van der Waals surface area contributed by atoms with E-state index in [9.17, 15) is 8.42 Å². The van der Waals surface area contributed by atoms with Crippen molar-refractivity contribution in [3.8, 4) is 11.4 Å². The molecule has 1 aromatic carbocycles. The molecule has 3 aromatic rings. The van der Waals surface area contributed by atoms with E-state index in [4.69, 9.17) is 4.52 Å². The summed E-state index contributed by atoms with van der Waals surface area (Å²) in [5.41, 5.74) is 0.711. The van der Waals surface area contributed by atoms with E-state index in [0.29, 0.717) is 41.9 Å². The van der Waals surface area contributed by atoms with Gasteiger partial charge in [0.15, 0.2) is 16.8 Å². The van der Waals surface area contributed by atoms with Gasteiger partial charge in [-0.1, -0.05) is 49.8 Å². The number of sulfonamides is 1. The third-order valence-corrected chi connectivity index (χ3v) is 8.02. The van der Waals surface area contributed by atoms with Crippen molar-refractivity contribution in [1.29, 1.82) is 0 Å². The fourth-order valence-electron chi connectivity index (χ4n) is 3.19. The Morgan fingerprint density at radius 2 is 1.94 bits per heavy atom. The Kier molecular flexibility index (Phi) is 7.50. The number of aromatic nitrogens is 5. The smallest absolute Gasteiger partial charge is 0.243 e. The molecular weight excluding hydrogens is 436 g/mol. The van der Waals surface area contributed by atoms with Crippen LogP contribution in [0.2, 0.25) is 0 Å². The van der Waals surface area contributed by atoms with Crippen molar-refractivity contribution < 1.29 is 12.9 Å². The molecule has 0 N–H and O–H groups in total. The van der Waals surface area contributed by atoms with E-state index >= 15 is 0 Å². The number of rotatable bonds is 10. The summed E-state index contributed by atoms with van der Waals surface area (Å²) in [6.45, 7) is 10.4. The molecule has 0 aliphatic carbocycles. The van der Waals surface area contributed by atoms with Crippen molar-refractivity contribution in [3.63, 3.8) is 0 Å². The molecule has 0 spiro atoms. The van der Waals surface area contributed by atoms with Gasteiger partial charge in [-0.2, -0.15) is 9.29 Å². The zero-order valence-electron chi connectivity index (χ0n) is 18.4. The summed E-state index contributed by atoms with van der Waals surface area (Å²) in [7, 11) is -3.56. The third-order valence-electron chi connectivity index (χ3n) is 5.03. The second kappa shape index (κ2) is 9.92. The Morgan fingerprint density at radius 3 is 2.55 bits per heavy atom. The highest BCUT2D eigenvalue weighted by Gasteiger charge is 2.24. The van der Waals surface area contributed by atoms with E-state index in [2.05, 4.69) is 34.2 Å². The molecule has 1 atom stereocenters. The van der Waals surface area contributed by atoms with Crippen LogP contribution in [0.3, 0.4) is 0 Å². The molecule has 0 bridgehead atoms. The lowest BCUT2D eigenvalue weighted by Crippen LogP contribution is -2.30. The van der Waals surface area contributed by atoms with E-state index in [1.165, 1.54) is 16.1 Å². The lowest BCUT2D eigenvalue weighted by atomic mass is 10.2. The summed E-state index contributed by atoms with van der Waals surface area (Å²) >= 11 is 1.47. The number of thioether (sulfide) groups is 1. The van der Waals surface area contributed by atoms with E-state index in [0.717, 1.165) is 11.6 Å². The number of benzene rings is 1. The molecule has 11 heteroatoms. The highest BCUT2D eigenvalue weighted by molar-refractivity contribution is 7.98. The Labute approximate surface area is 187 Å². The van der Waals surface area contributed by atoms with E-state index in [1.807, 2.05) is 24.5 Å². The van der Waals surface area contributed by atoms with E-state index in [-0.39, 0.29) is 10.9 Å². The van der Waals surface area contributed by atoms with Gasteiger partial charge in [0, 0.05) is 31.6 Å². The first-order valence-corrected chi connectivity index (χ1v) is 12.7. The molecule has 168 valence electrons. The molecule has 0 radical (unpaired) electrons. The number of nitrogens with zero attached hydrogens (tertiary/aromatic N) is 6. The van der Waals surface area contributed by atoms with Crippen LogP contribution in [0.1, 0.15) is 51.9 Å². The Balaban J connectivity index is 1.98. The topological polar surface area (TPSA) is 107 Å². The van der Waals surface area contributed by atoms with Gasteiger partial charge in [-0.15, -0.1) is 10.2 Å². The predicted molar refractivity (Wildman–Crippen MR) is 119 cm³/mol. The van der Waals surface area contributed by atoms with Gasteiger partial charge in [-0.3, -0.25) is 4.57 Å². The fraction of sp³-hybridized carbons (Fsp3) is 0.500. The molecule has 0 aliphatic rings. The zero-order valence-corrected chi connectivity index (χ0v) is 20.1. The summed E-state index contributed by atoms with van der Waals surface area (Å²) in [4.78, 5) is 4.48. The van der Waals surface area contributed by atoms with Gasteiger partial charge in [0.2, 0.25) is 15.9 Å². The summed E-state index contributed by atoms with van der Waals surface area (Å²) in [6, 6.07) is 7.03. The molecule has 0 amide bonds. The van der Waals surface area contributed by atoms with E-state index < -0.39 is 10.0 Å². The predicted octanol–water partition coefficient (Wildman–Crippen LogP) is 3.93. The monoisotopic (exact) mass is 464 g/mol. The summed E-state index contributed by atoms with van der Waals surface area (Å²) in [5, 5.41) is 13.4. The van der Waals surface area contributed by atoms with Crippen molar-refractivity contribution >= 4 is 21.8 Å². The van der Waals surface area contributed by atoms with E-state index in [1.54, 1.807) is 25.1 Å². The van der Waals surface area contributed by atoms with Crippen LogP contribution in [0.5, 0.6) is 0 Å². The van der Waals surface area contributed by atoms with Crippen molar-refractivity contribution in [2.24, 2.45) is 0 Å². The molecule has 1 unspecified atom stereocenters. The molecule has 31 heavy (non-hydrogen) atoms. The van der Waals surface area contributed by atoms with Crippen LogP contribution in [-0.2, 0) is 15.8 Å². The number of hydrogen-bond donors (Lipinski definition) is 0. The zero-order chi connectivity index (χ0) is 22.6. The normalized spacial score (nSPS) is 13.1. The minimum Gasteiger partial charge on any atom is -0.340 e. The molecule has 0 fully saturated rings. The van der Waals surface area contributed by atoms with Crippen LogP contribution in [-0.4, -0.2) is 50.7 Å². The largest absolute Gasteiger partial charge is 0.340 e. The van der Waals surface area contributed by atoms with Crippen LogP contribution in [0, 0.1) is 6.92 Å². The van der Waals surface area contributed by atoms with Crippen LogP contribution in [0.25, 0.3) is 11.4 Å². The average molecular weight is 465 g/mol. The standard InChI is InChI=1S/C20H28N6O3S2/c1-6-14(4)26-19(22-23-20(26)30-13-18-21-15(5)29-24-18)16-10-9-11-17(12-16)31(27,28)25(7-2)8-3/h9-12,14H,6-8,13H2,1-5H3. The lowest BCUT2D eigenvalue weighted by molar-refractivity contribution is 0.389. The second-order valence-corrected chi connectivity index (χ2v) is 9.95. The number of hydrogen-bond acceptors (Lipinski definition) is 8. The van der Waals surface area contributed by atoms with Gasteiger partial charge >= 0.3 is 0 Å². The number of aryl methyl sites for hydroxylation is 1. The Hall–Kier alpha value is -2.24. The Bertz CT molecular complexity index is 1120. The summed E-state index contributed by atoms with van der Waals surface area (Å²) in [6.07, 6.45) is 0.872. The highest BCUT2D eigenvalue weighted by Crippen LogP contribution is 2.31. The summed E-state index contributed by atoms with van der Waals surface area (Å²) < 4.78 is 34.5. The maximum atomic E-state index is 13.0. The third kappa shape index (κ3) is 4.99. The SMILES string of the molecule is CCC(C)n1c(SCc2noc(C)n2)nnc1-c1cccc(S(=O)(=O)N(CC)CC)c1. The van der Waals surface area contributed by atoms with Gasteiger partial charge in [-0.05, 0) is 25.5 Å². The second-order valence-electron chi connectivity index (χ2n) is 7.07. The molecule has 0 aliphatic heterocycles. The van der Waals surface area contributed by atoms with Crippen molar-refractivity contribution in [1.82, 2.24) is 29.2 Å². The van der Waals surface area contributed by atoms with Gasteiger partial charge in [0.05, 0.1) is 10.6 Å². The van der Waals surface area contributed by atoms with Crippen LogP contribution in [0.15, 0.2) is 38.8 Å². The van der Waals surface area contributed by atoms with Gasteiger partial charge in [0.1, 0.15) is 0 Å². The average Bonchev–Trinajstić information content (AvgIpc) is 3.38. The fourth-order valence-corrected chi connectivity index (χ4v) is 5.57. The molecule has 2 heterocycles. The van der Waals surface area contributed by atoms with Gasteiger partial charge < -0.3 is 4.52 Å². The first-order chi connectivity index (χ1) is 14.8. The quantitative estimate of drug-likeness (QED) is 0.415. The molecule has 3 rings (SSSR count). The molecule has 9 nitrogen and oxygen atoms in total. The van der Waals surface area contributed by atoms with Gasteiger partial charge in [0.25, 0.3) is 0 Å². The summed E-state index contributed by atoms with van der Waals surface area (Å²) in [5.74, 6) is 2.25. The van der Waals surface area contributed by atoms with Crippen LogP contribution in [0.4, 0.5) is 0 Å². The van der Waals surface area contributed by atoms with Gasteiger partial charge in [-0.25, -0.2) is 8.42 Å². The molecule has 0 saturated carbocycles. The van der Waals surface area contributed by atoms with Crippen LogP contribution < -0.4 is 0 Å². The minimum absolute atomic E-state index is 0.127. The maximum Gasteiger partial charge on any atom is 0.243 e. The van der Waals surface area contributed by atoms with Crippen molar-refractivity contribution in [2.45, 2.75) is 62.9 Å². The Morgan fingerprint density at radius 1 is 1.19 bits per heavy atom. The minimum atomic E-state index is -3.56. The molecular formula is C20H28N6O3S2. The first-order valence-electron chi connectivity index (χ1n) is 10.3.